The van der Waals surface area contributed by atoms with E-state index in [9.17, 15) is 4.79 Å². The molecule has 1 N–H and O–H groups in total. The molecule has 1 aromatic rings. The second-order valence-electron chi connectivity index (χ2n) is 2.23. The molecule has 0 aliphatic carbocycles. The van der Waals surface area contributed by atoms with Crippen LogP contribution in [0.5, 0.6) is 0 Å². The Morgan fingerprint density at radius 2 is 2.58 bits per heavy atom. The summed E-state index contributed by atoms with van der Waals surface area (Å²) in [6, 6.07) is -0.0857. The molecular formula is C7H10N2O2S. The molecule has 0 saturated heterocycles. The van der Waals surface area contributed by atoms with Crippen LogP contribution in [0.2, 0.25) is 0 Å². The van der Waals surface area contributed by atoms with Crippen LogP contribution in [0.25, 0.3) is 0 Å². The minimum absolute atomic E-state index is 0.0857. The van der Waals surface area contributed by atoms with Crippen LogP contribution in [0.15, 0.2) is 11.6 Å². The molecular weight excluding hydrogens is 176 g/mol. The van der Waals surface area contributed by atoms with Crippen LogP contribution < -0.4 is 5.32 Å². The molecule has 0 aliphatic heterocycles. The van der Waals surface area contributed by atoms with E-state index in [1.54, 1.807) is 6.20 Å². The molecule has 1 rings (SSSR count). The van der Waals surface area contributed by atoms with Crippen molar-refractivity contribution in [1.29, 1.82) is 0 Å². The molecule has 12 heavy (non-hydrogen) atoms. The Hall–Kier alpha value is -1.10. The van der Waals surface area contributed by atoms with Gasteiger partial charge in [-0.25, -0.2) is 9.78 Å². The number of rotatable bonds is 2. The number of carbonyl (C=O) groups is 1. The number of nitrogens with zero attached hydrogens (tertiary/aromatic N) is 1. The van der Waals surface area contributed by atoms with Gasteiger partial charge in [0.1, 0.15) is 5.01 Å². The largest absolute Gasteiger partial charge is 0.453 e. The highest BCUT2D eigenvalue weighted by Gasteiger charge is 2.10. The van der Waals surface area contributed by atoms with E-state index in [4.69, 9.17) is 0 Å². The summed E-state index contributed by atoms with van der Waals surface area (Å²) in [6.07, 6.45) is 1.27. The predicted octanol–water partition coefficient (Wildman–Crippen LogP) is 1.56. The summed E-state index contributed by atoms with van der Waals surface area (Å²) < 4.78 is 4.45. The molecule has 0 aromatic carbocycles. The van der Waals surface area contributed by atoms with Crippen LogP contribution in [0.4, 0.5) is 4.79 Å². The second-order valence-corrected chi connectivity index (χ2v) is 3.15. The topological polar surface area (TPSA) is 51.2 Å². The van der Waals surface area contributed by atoms with Crippen molar-refractivity contribution >= 4 is 17.4 Å². The Morgan fingerprint density at radius 1 is 1.83 bits per heavy atom. The fourth-order valence-corrected chi connectivity index (χ4v) is 1.39. The molecule has 0 saturated carbocycles. The van der Waals surface area contributed by atoms with E-state index in [0.717, 1.165) is 5.01 Å². The zero-order valence-corrected chi connectivity index (χ0v) is 7.72. The van der Waals surface area contributed by atoms with Gasteiger partial charge in [0.25, 0.3) is 0 Å². The van der Waals surface area contributed by atoms with Crippen molar-refractivity contribution in [3.63, 3.8) is 0 Å². The number of methoxy groups -OCH3 is 1. The molecule has 0 bridgehead atoms. The molecule has 1 heterocycles. The number of nitrogens with one attached hydrogen (secondary N) is 1. The Bertz CT molecular complexity index is 248. The van der Waals surface area contributed by atoms with Gasteiger partial charge in [-0.1, -0.05) is 0 Å². The minimum atomic E-state index is -0.433. The van der Waals surface area contributed by atoms with Crippen LogP contribution in [0.1, 0.15) is 18.0 Å². The number of hydrogen-bond donors (Lipinski definition) is 1. The summed E-state index contributed by atoms with van der Waals surface area (Å²) in [6.45, 7) is 1.86. The van der Waals surface area contributed by atoms with E-state index in [0.29, 0.717) is 0 Å². The van der Waals surface area contributed by atoms with E-state index < -0.39 is 6.09 Å². The minimum Gasteiger partial charge on any atom is -0.453 e. The Kier molecular flexibility index (Phi) is 3.04. The third kappa shape index (κ3) is 2.20. The average Bonchev–Trinajstić information content (AvgIpc) is 2.56. The SMILES string of the molecule is COC(=O)NC(C)c1nccs1. The number of alkyl carbamates (subject to hydrolysis) is 1. The Balaban J connectivity index is 2.49. The van der Waals surface area contributed by atoms with E-state index in [1.807, 2.05) is 12.3 Å². The van der Waals surface area contributed by atoms with Gasteiger partial charge in [-0.05, 0) is 6.92 Å². The van der Waals surface area contributed by atoms with Crippen molar-refractivity contribution in [3.05, 3.63) is 16.6 Å². The molecule has 4 nitrogen and oxygen atoms in total. The molecule has 1 unspecified atom stereocenters. The lowest BCUT2D eigenvalue weighted by atomic mass is 10.4. The first-order chi connectivity index (χ1) is 5.74. The van der Waals surface area contributed by atoms with Crippen LogP contribution in [0.3, 0.4) is 0 Å². The summed E-state index contributed by atoms with van der Waals surface area (Å²) >= 11 is 1.50. The van der Waals surface area contributed by atoms with Crippen molar-refractivity contribution in [1.82, 2.24) is 10.3 Å². The lowest BCUT2D eigenvalue weighted by Crippen LogP contribution is -2.26. The van der Waals surface area contributed by atoms with Crippen molar-refractivity contribution in [2.75, 3.05) is 7.11 Å². The normalized spacial score (nSPS) is 12.2. The number of amides is 1. The first-order valence-corrected chi connectivity index (χ1v) is 4.36. The van der Waals surface area contributed by atoms with Gasteiger partial charge in [-0.3, -0.25) is 0 Å². The van der Waals surface area contributed by atoms with Crippen LogP contribution in [-0.4, -0.2) is 18.2 Å². The Morgan fingerprint density at radius 3 is 3.08 bits per heavy atom. The third-order valence-electron chi connectivity index (χ3n) is 1.34. The first-order valence-electron chi connectivity index (χ1n) is 3.48. The van der Waals surface area contributed by atoms with Gasteiger partial charge < -0.3 is 10.1 Å². The van der Waals surface area contributed by atoms with Gasteiger partial charge >= 0.3 is 6.09 Å². The lowest BCUT2D eigenvalue weighted by molar-refractivity contribution is 0.167. The number of aromatic nitrogens is 1. The zero-order valence-electron chi connectivity index (χ0n) is 6.90. The lowest BCUT2D eigenvalue weighted by Gasteiger charge is -2.08. The number of ether oxygens (including phenoxy) is 1. The van der Waals surface area contributed by atoms with Gasteiger partial charge in [-0.15, -0.1) is 11.3 Å². The van der Waals surface area contributed by atoms with Gasteiger partial charge in [-0.2, -0.15) is 0 Å². The first kappa shape index (κ1) is 8.99. The van der Waals surface area contributed by atoms with E-state index >= 15 is 0 Å². The fraction of sp³-hybridized carbons (Fsp3) is 0.429. The smallest absolute Gasteiger partial charge is 0.407 e. The monoisotopic (exact) mass is 186 g/mol. The number of carbonyl (C=O) groups excluding carboxylic acids is 1. The molecule has 0 fully saturated rings. The van der Waals surface area contributed by atoms with Crippen molar-refractivity contribution < 1.29 is 9.53 Å². The standard InChI is InChI=1S/C7H10N2O2S/c1-5(9-7(10)11-2)6-8-3-4-12-6/h3-5H,1-2H3,(H,9,10). The van der Waals surface area contributed by atoms with Crippen LogP contribution in [0, 0.1) is 0 Å². The fourth-order valence-electron chi connectivity index (χ4n) is 0.746. The molecule has 5 heteroatoms. The van der Waals surface area contributed by atoms with E-state index in [2.05, 4.69) is 15.0 Å². The molecule has 0 radical (unpaired) electrons. The van der Waals surface area contributed by atoms with Gasteiger partial charge in [0.05, 0.1) is 13.2 Å². The quantitative estimate of drug-likeness (QED) is 0.762. The highest BCUT2D eigenvalue weighted by molar-refractivity contribution is 7.09. The highest BCUT2D eigenvalue weighted by Crippen LogP contribution is 2.14. The summed E-state index contributed by atoms with van der Waals surface area (Å²) in [4.78, 5) is 14.8. The second kappa shape index (κ2) is 4.06. The summed E-state index contributed by atoms with van der Waals surface area (Å²) in [5.74, 6) is 0. The maximum Gasteiger partial charge on any atom is 0.407 e. The maximum absolute atomic E-state index is 10.8. The average molecular weight is 186 g/mol. The number of thiazole rings is 1. The molecule has 0 aliphatic rings. The molecule has 1 aromatic heterocycles. The molecule has 0 spiro atoms. The maximum atomic E-state index is 10.8. The third-order valence-corrected chi connectivity index (χ3v) is 2.30. The summed E-state index contributed by atoms with van der Waals surface area (Å²) in [7, 11) is 1.34. The van der Waals surface area contributed by atoms with E-state index in [-0.39, 0.29) is 6.04 Å². The molecule has 1 atom stereocenters. The van der Waals surface area contributed by atoms with Crippen molar-refractivity contribution in [3.8, 4) is 0 Å². The zero-order chi connectivity index (χ0) is 8.97. The van der Waals surface area contributed by atoms with Crippen molar-refractivity contribution in [2.24, 2.45) is 0 Å². The predicted molar refractivity (Wildman–Crippen MR) is 46.1 cm³/mol. The van der Waals surface area contributed by atoms with E-state index in [1.165, 1.54) is 18.4 Å². The van der Waals surface area contributed by atoms with Gasteiger partial charge in [0.15, 0.2) is 0 Å². The van der Waals surface area contributed by atoms with Gasteiger partial charge in [0, 0.05) is 11.6 Å². The molecule has 66 valence electrons. The summed E-state index contributed by atoms with van der Waals surface area (Å²) in [5, 5.41) is 5.36. The van der Waals surface area contributed by atoms with Crippen LogP contribution >= 0.6 is 11.3 Å². The van der Waals surface area contributed by atoms with Gasteiger partial charge in [0.2, 0.25) is 0 Å². The Labute approximate surface area is 74.6 Å². The summed E-state index contributed by atoms with van der Waals surface area (Å²) in [5.41, 5.74) is 0. The number of hydrogen-bond acceptors (Lipinski definition) is 4. The molecule has 1 amide bonds. The van der Waals surface area contributed by atoms with Crippen molar-refractivity contribution in [2.45, 2.75) is 13.0 Å². The van der Waals surface area contributed by atoms with Crippen LogP contribution in [-0.2, 0) is 4.74 Å². The highest BCUT2D eigenvalue weighted by atomic mass is 32.1.